The van der Waals surface area contributed by atoms with Crippen LogP contribution in [0, 0.1) is 0 Å². The molecule has 0 aromatic heterocycles. The number of hydrogen-bond donors (Lipinski definition) is 0. The van der Waals surface area contributed by atoms with Crippen molar-refractivity contribution < 1.29 is 9.53 Å². The van der Waals surface area contributed by atoms with E-state index in [2.05, 4.69) is 6.08 Å². The minimum Gasteiger partial charge on any atom is -0.497 e. The lowest BCUT2D eigenvalue weighted by Crippen LogP contribution is -2.30. The Bertz CT molecular complexity index is 730. The fraction of sp³-hybridized carbons (Fsp3) is 0.150. The van der Waals surface area contributed by atoms with E-state index in [-0.39, 0.29) is 5.91 Å². The Hall–Kier alpha value is -2.81. The molecule has 2 aromatic rings. The third-order valence-electron chi connectivity index (χ3n) is 3.85. The summed E-state index contributed by atoms with van der Waals surface area (Å²) in [5, 5.41) is 0. The van der Waals surface area contributed by atoms with Crippen molar-refractivity contribution in [1.82, 2.24) is 4.90 Å². The second-order valence-electron chi connectivity index (χ2n) is 5.32. The van der Waals surface area contributed by atoms with Crippen LogP contribution in [-0.2, 0) is 0 Å². The molecule has 0 saturated carbocycles. The van der Waals surface area contributed by atoms with Crippen LogP contribution in [-0.4, -0.2) is 24.5 Å². The Labute approximate surface area is 136 Å². The molecule has 0 fully saturated rings. The molecule has 0 N–H and O–H groups in total. The molecule has 0 unspecified atom stereocenters. The molecule has 1 amide bonds. The first-order chi connectivity index (χ1) is 11.3. The van der Waals surface area contributed by atoms with E-state index in [4.69, 9.17) is 4.74 Å². The summed E-state index contributed by atoms with van der Waals surface area (Å²) in [6, 6.07) is 17.2. The van der Waals surface area contributed by atoms with Gasteiger partial charge in [0, 0.05) is 12.1 Å². The van der Waals surface area contributed by atoms with Crippen LogP contribution >= 0.6 is 0 Å². The van der Waals surface area contributed by atoms with E-state index in [0.717, 1.165) is 23.4 Å². The van der Waals surface area contributed by atoms with Crippen LogP contribution in [0.4, 0.5) is 0 Å². The van der Waals surface area contributed by atoms with Gasteiger partial charge in [-0.05, 0) is 54.5 Å². The van der Waals surface area contributed by atoms with Crippen LogP contribution < -0.4 is 4.74 Å². The van der Waals surface area contributed by atoms with Gasteiger partial charge < -0.3 is 9.64 Å². The zero-order valence-electron chi connectivity index (χ0n) is 13.1. The molecular formula is C20H19NO2. The van der Waals surface area contributed by atoms with Gasteiger partial charge in [-0.15, -0.1) is 0 Å². The number of methoxy groups -OCH3 is 1. The molecule has 1 heterocycles. The second kappa shape index (κ2) is 6.97. The summed E-state index contributed by atoms with van der Waals surface area (Å²) in [5.41, 5.74) is 2.62. The number of benzene rings is 2. The summed E-state index contributed by atoms with van der Waals surface area (Å²) in [6.07, 6.45) is 6.93. The Morgan fingerprint density at radius 2 is 1.78 bits per heavy atom. The zero-order chi connectivity index (χ0) is 16.1. The third kappa shape index (κ3) is 3.34. The topological polar surface area (TPSA) is 29.5 Å². The van der Waals surface area contributed by atoms with E-state index < -0.39 is 0 Å². The van der Waals surface area contributed by atoms with Gasteiger partial charge in [0.15, 0.2) is 0 Å². The molecular weight excluding hydrogens is 286 g/mol. The highest BCUT2D eigenvalue weighted by molar-refractivity contribution is 5.99. The van der Waals surface area contributed by atoms with Gasteiger partial charge >= 0.3 is 0 Å². The third-order valence-corrected chi connectivity index (χ3v) is 3.85. The number of ether oxygens (including phenoxy) is 1. The van der Waals surface area contributed by atoms with Gasteiger partial charge in [0.05, 0.1) is 12.8 Å². The van der Waals surface area contributed by atoms with Crippen molar-refractivity contribution >= 4 is 11.6 Å². The fourth-order valence-corrected chi connectivity index (χ4v) is 2.63. The van der Waals surface area contributed by atoms with Crippen molar-refractivity contribution in [2.24, 2.45) is 0 Å². The molecule has 0 radical (unpaired) electrons. The van der Waals surface area contributed by atoms with E-state index in [1.807, 2.05) is 71.6 Å². The summed E-state index contributed by atoms with van der Waals surface area (Å²) in [4.78, 5) is 14.7. The zero-order valence-corrected chi connectivity index (χ0v) is 13.1. The molecule has 0 aliphatic carbocycles. The van der Waals surface area contributed by atoms with Crippen LogP contribution in [0.1, 0.15) is 22.3 Å². The number of carbonyl (C=O) groups excluding carboxylic acids is 1. The van der Waals surface area contributed by atoms with Gasteiger partial charge in [0.25, 0.3) is 5.91 Å². The van der Waals surface area contributed by atoms with Crippen molar-refractivity contribution in [3.63, 3.8) is 0 Å². The van der Waals surface area contributed by atoms with Gasteiger partial charge in [0.1, 0.15) is 5.75 Å². The van der Waals surface area contributed by atoms with E-state index in [1.165, 1.54) is 0 Å². The van der Waals surface area contributed by atoms with Crippen molar-refractivity contribution in [2.75, 3.05) is 13.7 Å². The molecule has 1 aliphatic heterocycles. The number of carbonyl (C=O) groups is 1. The van der Waals surface area contributed by atoms with Crippen LogP contribution in [0.25, 0.3) is 5.70 Å². The van der Waals surface area contributed by atoms with Gasteiger partial charge in [-0.3, -0.25) is 4.79 Å². The molecule has 0 bridgehead atoms. The smallest absolute Gasteiger partial charge is 0.258 e. The van der Waals surface area contributed by atoms with Crippen LogP contribution in [0.15, 0.2) is 72.8 Å². The maximum absolute atomic E-state index is 12.9. The molecule has 0 saturated heterocycles. The molecule has 0 spiro atoms. The van der Waals surface area contributed by atoms with E-state index in [0.29, 0.717) is 12.1 Å². The largest absolute Gasteiger partial charge is 0.497 e. The first-order valence-corrected chi connectivity index (χ1v) is 7.68. The lowest BCUT2D eigenvalue weighted by molar-refractivity contribution is 0.0837. The molecule has 3 nitrogen and oxygen atoms in total. The molecule has 3 heteroatoms. The lowest BCUT2D eigenvalue weighted by Gasteiger charge is -2.25. The highest BCUT2D eigenvalue weighted by Crippen LogP contribution is 2.25. The molecule has 3 rings (SSSR count). The fourth-order valence-electron chi connectivity index (χ4n) is 2.63. The molecule has 23 heavy (non-hydrogen) atoms. The Balaban J connectivity index is 1.95. The van der Waals surface area contributed by atoms with Gasteiger partial charge in [0.2, 0.25) is 0 Å². The van der Waals surface area contributed by atoms with Crippen molar-refractivity contribution in [3.05, 3.63) is 84.0 Å². The van der Waals surface area contributed by atoms with E-state index >= 15 is 0 Å². The molecule has 0 atom stereocenters. The summed E-state index contributed by atoms with van der Waals surface area (Å²) in [5.74, 6) is 0.829. The predicted molar refractivity (Wildman–Crippen MR) is 92.2 cm³/mol. The summed E-state index contributed by atoms with van der Waals surface area (Å²) in [7, 11) is 1.65. The maximum Gasteiger partial charge on any atom is 0.258 e. The lowest BCUT2D eigenvalue weighted by atomic mass is 10.1. The van der Waals surface area contributed by atoms with Crippen LogP contribution in [0.2, 0.25) is 0 Å². The van der Waals surface area contributed by atoms with Gasteiger partial charge in [-0.1, -0.05) is 30.4 Å². The highest BCUT2D eigenvalue weighted by Gasteiger charge is 2.21. The van der Waals surface area contributed by atoms with E-state index in [1.54, 1.807) is 7.11 Å². The monoisotopic (exact) mass is 305 g/mol. The van der Waals surface area contributed by atoms with E-state index in [9.17, 15) is 4.79 Å². The number of amides is 1. The molecule has 2 aromatic carbocycles. The van der Waals surface area contributed by atoms with Crippen LogP contribution in [0.5, 0.6) is 5.75 Å². The normalized spacial score (nSPS) is 14.1. The van der Waals surface area contributed by atoms with Crippen molar-refractivity contribution in [2.45, 2.75) is 6.42 Å². The summed E-state index contributed by atoms with van der Waals surface area (Å²) < 4.78 is 5.21. The standard InChI is InChI=1S/C20H19NO2/c1-23-18-13-11-16(12-14-18)19-10-6-3-7-15-21(19)20(22)17-8-4-2-5-9-17/h2-6,8-14H,7,15H2,1H3. The second-order valence-corrected chi connectivity index (χ2v) is 5.32. The first-order valence-electron chi connectivity index (χ1n) is 7.68. The summed E-state index contributed by atoms with van der Waals surface area (Å²) in [6.45, 7) is 0.669. The molecule has 1 aliphatic rings. The number of rotatable bonds is 3. The number of allylic oxidation sites excluding steroid dienone is 2. The maximum atomic E-state index is 12.9. The van der Waals surface area contributed by atoms with Gasteiger partial charge in [-0.25, -0.2) is 0 Å². The van der Waals surface area contributed by atoms with Crippen molar-refractivity contribution in [1.29, 1.82) is 0 Å². The first kappa shape index (κ1) is 15.1. The quantitative estimate of drug-likeness (QED) is 0.853. The average Bonchev–Trinajstić information content (AvgIpc) is 2.88. The minimum atomic E-state index is 0.0244. The Kier molecular flexibility index (Phi) is 4.57. The van der Waals surface area contributed by atoms with Gasteiger partial charge in [-0.2, -0.15) is 0 Å². The number of nitrogens with zero attached hydrogens (tertiary/aromatic N) is 1. The Morgan fingerprint density at radius 1 is 1.04 bits per heavy atom. The Morgan fingerprint density at radius 3 is 2.48 bits per heavy atom. The minimum absolute atomic E-state index is 0.0244. The average molecular weight is 305 g/mol. The van der Waals surface area contributed by atoms with Crippen LogP contribution in [0.3, 0.4) is 0 Å². The highest BCUT2D eigenvalue weighted by atomic mass is 16.5. The number of hydrogen-bond acceptors (Lipinski definition) is 2. The summed E-state index contributed by atoms with van der Waals surface area (Å²) >= 11 is 0. The van der Waals surface area contributed by atoms with Crippen molar-refractivity contribution in [3.8, 4) is 5.75 Å². The predicted octanol–water partition coefficient (Wildman–Crippen LogP) is 4.14. The molecule has 116 valence electrons. The SMILES string of the molecule is COc1ccc(C2=CC=CCCN2C(=O)c2ccccc2)cc1.